The number of thiazole rings is 1. The van der Waals surface area contributed by atoms with Gasteiger partial charge in [0.2, 0.25) is 0 Å². The normalized spacial score (nSPS) is 14.0. The molecular weight excluding hydrogens is 528 g/mol. The molecule has 11 heteroatoms. The number of aromatic nitrogens is 2. The van der Waals surface area contributed by atoms with Crippen molar-refractivity contribution >= 4 is 50.7 Å². The summed E-state index contributed by atoms with van der Waals surface area (Å²) >= 11 is 1.19. The first-order chi connectivity index (χ1) is 19.3. The van der Waals surface area contributed by atoms with Crippen LogP contribution in [0.1, 0.15) is 48.9 Å². The van der Waals surface area contributed by atoms with E-state index in [1.54, 1.807) is 23.6 Å². The Balaban J connectivity index is 1.23. The van der Waals surface area contributed by atoms with Gasteiger partial charge in [-0.1, -0.05) is 12.1 Å². The number of nitrogens with one attached hydrogen (secondary N) is 2. The van der Waals surface area contributed by atoms with Gasteiger partial charge in [-0.15, -0.1) is 11.3 Å². The van der Waals surface area contributed by atoms with E-state index < -0.39 is 11.9 Å². The minimum atomic E-state index is -1.06. The number of hydrogen-bond donors (Lipinski definition) is 4. The van der Waals surface area contributed by atoms with Crippen molar-refractivity contribution < 1.29 is 19.5 Å². The zero-order chi connectivity index (χ0) is 28.2. The molecule has 1 saturated heterocycles. The summed E-state index contributed by atoms with van der Waals surface area (Å²) in [7, 11) is 2.13. The van der Waals surface area contributed by atoms with E-state index in [-0.39, 0.29) is 17.9 Å². The molecule has 10 nitrogen and oxygen atoms in total. The molecule has 1 aliphatic rings. The van der Waals surface area contributed by atoms with Gasteiger partial charge in [0.15, 0.2) is 10.9 Å². The first kappa shape index (κ1) is 27.5. The predicted octanol–water partition coefficient (Wildman–Crippen LogP) is 3.64. The van der Waals surface area contributed by atoms with Crippen molar-refractivity contribution in [1.82, 2.24) is 14.9 Å². The van der Waals surface area contributed by atoms with Gasteiger partial charge in [-0.3, -0.25) is 14.9 Å². The molecule has 208 valence electrons. The SMILES string of the molecule is CN1CCN(c2ccc(CC(=O)c3csc(NC(=O)c4ccc5[nH]c(C(=O)O)c(CCCN)c5c4)n3)cc2)CC1. The standard InChI is InChI=1S/C29H32N6O4S/c1-34-11-13-35(14-12-34)20-7-4-18(5-8-20)15-25(36)24-17-40-29(32-24)33-27(37)19-6-9-23-22(16-19)21(3-2-10-30)26(31-23)28(38)39/h4-9,16-17,31H,2-3,10-15,30H2,1H3,(H,38,39)(H,32,33,37). The molecule has 0 saturated carbocycles. The summed E-state index contributed by atoms with van der Waals surface area (Å²) in [6.07, 6.45) is 1.33. The van der Waals surface area contributed by atoms with Crippen LogP contribution in [0.15, 0.2) is 47.8 Å². The second-order valence-electron chi connectivity index (χ2n) is 9.99. The van der Waals surface area contributed by atoms with Gasteiger partial charge in [-0.05, 0) is 67.9 Å². The third kappa shape index (κ3) is 6.06. The summed E-state index contributed by atoms with van der Waals surface area (Å²) in [6, 6.07) is 13.1. The third-order valence-electron chi connectivity index (χ3n) is 7.19. The maximum Gasteiger partial charge on any atom is 0.352 e. The van der Waals surface area contributed by atoms with Gasteiger partial charge in [0.25, 0.3) is 5.91 Å². The van der Waals surface area contributed by atoms with Crippen molar-refractivity contribution in [3.63, 3.8) is 0 Å². The van der Waals surface area contributed by atoms with Crippen LogP contribution in [0.25, 0.3) is 10.9 Å². The number of ketones is 1. The second kappa shape index (κ2) is 12.0. The van der Waals surface area contributed by atoms with Gasteiger partial charge in [0.05, 0.1) is 0 Å². The number of benzene rings is 2. The summed E-state index contributed by atoms with van der Waals surface area (Å²) in [5.41, 5.74) is 9.74. The summed E-state index contributed by atoms with van der Waals surface area (Å²) in [5.74, 6) is -1.57. The van der Waals surface area contributed by atoms with Crippen molar-refractivity contribution in [3.8, 4) is 0 Å². The number of H-pyrrole nitrogens is 1. The lowest BCUT2D eigenvalue weighted by molar-refractivity contribution is 0.0689. The number of carbonyl (C=O) groups is 3. The monoisotopic (exact) mass is 560 g/mol. The van der Waals surface area contributed by atoms with E-state index in [0.717, 1.165) is 37.4 Å². The highest BCUT2D eigenvalue weighted by Crippen LogP contribution is 2.26. The number of aromatic amines is 1. The number of likely N-dealkylation sites (N-methyl/N-ethyl adjacent to an activating group) is 1. The minimum Gasteiger partial charge on any atom is -0.477 e. The number of aromatic carboxylic acids is 1. The number of anilines is 2. The number of Topliss-reactive ketones (excluding diaryl/α,β-unsaturated/α-hetero) is 1. The lowest BCUT2D eigenvalue weighted by Crippen LogP contribution is -2.44. The second-order valence-corrected chi connectivity index (χ2v) is 10.8. The topological polar surface area (TPSA) is 145 Å². The maximum absolute atomic E-state index is 13.0. The molecule has 0 spiro atoms. The van der Waals surface area contributed by atoms with Crippen molar-refractivity contribution in [2.75, 3.05) is 50.0 Å². The van der Waals surface area contributed by atoms with E-state index in [1.807, 2.05) is 12.1 Å². The molecule has 5 N–H and O–H groups in total. The van der Waals surface area contributed by atoms with E-state index in [1.165, 1.54) is 11.3 Å². The van der Waals surface area contributed by atoms with Crippen LogP contribution in [0.4, 0.5) is 10.8 Å². The highest BCUT2D eigenvalue weighted by atomic mass is 32.1. The maximum atomic E-state index is 13.0. The van der Waals surface area contributed by atoms with Gasteiger partial charge in [-0.25, -0.2) is 9.78 Å². The van der Waals surface area contributed by atoms with Gasteiger partial charge >= 0.3 is 5.97 Å². The fourth-order valence-electron chi connectivity index (χ4n) is 4.90. The Labute approximate surface area is 235 Å². The van der Waals surface area contributed by atoms with Crippen molar-refractivity contribution in [1.29, 1.82) is 0 Å². The Morgan fingerprint density at radius 3 is 2.55 bits per heavy atom. The number of amides is 1. The Kier molecular flexibility index (Phi) is 8.24. The van der Waals surface area contributed by atoms with Crippen LogP contribution in [0.2, 0.25) is 0 Å². The van der Waals surface area contributed by atoms with Gasteiger partial charge in [-0.2, -0.15) is 0 Å². The van der Waals surface area contributed by atoms with Gasteiger partial charge in [0, 0.05) is 60.1 Å². The van der Waals surface area contributed by atoms with E-state index >= 15 is 0 Å². The largest absolute Gasteiger partial charge is 0.477 e. The molecule has 1 fully saturated rings. The smallest absolute Gasteiger partial charge is 0.352 e. The number of hydrogen-bond acceptors (Lipinski definition) is 8. The summed E-state index contributed by atoms with van der Waals surface area (Å²) in [5, 5.41) is 15.0. The Bertz CT molecular complexity index is 1540. The molecule has 2 aromatic heterocycles. The molecule has 0 radical (unpaired) electrons. The van der Waals surface area contributed by atoms with Crippen LogP contribution in [-0.2, 0) is 12.8 Å². The molecule has 40 heavy (non-hydrogen) atoms. The number of aryl methyl sites for hydroxylation is 1. The Morgan fingerprint density at radius 2 is 1.85 bits per heavy atom. The molecule has 0 atom stereocenters. The van der Waals surface area contributed by atoms with Crippen molar-refractivity contribution in [3.05, 3.63) is 75.9 Å². The summed E-state index contributed by atoms with van der Waals surface area (Å²) in [6.45, 7) is 4.47. The van der Waals surface area contributed by atoms with Crippen LogP contribution in [0.3, 0.4) is 0 Å². The molecule has 5 rings (SSSR count). The van der Waals surface area contributed by atoms with Crippen LogP contribution in [-0.4, -0.2) is 77.4 Å². The van der Waals surface area contributed by atoms with E-state index in [9.17, 15) is 19.5 Å². The predicted molar refractivity (Wildman–Crippen MR) is 157 cm³/mol. The van der Waals surface area contributed by atoms with Crippen molar-refractivity contribution in [2.24, 2.45) is 5.73 Å². The van der Waals surface area contributed by atoms with Crippen LogP contribution in [0, 0.1) is 0 Å². The highest BCUT2D eigenvalue weighted by molar-refractivity contribution is 7.14. The average Bonchev–Trinajstić information content (AvgIpc) is 3.57. The number of rotatable bonds is 10. The third-order valence-corrected chi connectivity index (χ3v) is 7.95. The number of carboxylic acid groups (broad SMARTS) is 1. The molecule has 0 aliphatic carbocycles. The Hall–Kier alpha value is -4.06. The van der Waals surface area contributed by atoms with E-state index in [0.29, 0.717) is 52.2 Å². The van der Waals surface area contributed by atoms with E-state index in [2.05, 4.69) is 44.3 Å². The van der Waals surface area contributed by atoms with Crippen LogP contribution in [0.5, 0.6) is 0 Å². The van der Waals surface area contributed by atoms with Crippen molar-refractivity contribution in [2.45, 2.75) is 19.3 Å². The summed E-state index contributed by atoms with van der Waals surface area (Å²) in [4.78, 5) is 49.5. The van der Waals surface area contributed by atoms with Gasteiger partial charge < -0.3 is 25.6 Å². The number of carboxylic acids is 1. The Morgan fingerprint density at radius 1 is 1.10 bits per heavy atom. The van der Waals surface area contributed by atoms with Crippen LogP contribution >= 0.6 is 11.3 Å². The molecule has 4 aromatic rings. The first-order valence-corrected chi connectivity index (χ1v) is 14.1. The number of nitrogens with two attached hydrogens (primary N) is 1. The number of fused-ring (bicyclic) bond motifs is 1. The van der Waals surface area contributed by atoms with Gasteiger partial charge in [0.1, 0.15) is 11.4 Å². The molecule has 0 unspecified atom stereocenters. The molecule has 3 heterocycles. The van der Waals surface area contributed by atoms with Crippen LogP contribution < -0.4 is 16.0 Å². The zero-order valence-corrected chi connectivity index (χ0v) is 23.1. The molecule has 1 aliphatic heterocycles. The average molecular weight is 561 g/mol. The fourth-order valence-corrected chi connectivity index (χ4v) is 5.61. The summed E-state index contributed by atoms with van der Waals surface area (Å²) < 4.78 is 0. The lowest BCUT2D eigenvalue weighted by Gasteiger charge is -2.34. The first-order valence-electron chi connectivity index (χ1n) is 13.2. The van der Waals surface area contributed by atoms with E-state index in [4.69, 9.17) is 5.73 Å². The number of piperazine rings is 1. The number of nitrogens with zero attached hydrogens (tertiary/aromatic N) is 3. The number of carbonyl (C=O) groups excluding carboxylic acids is 2. The minimum absolute atomic E-state index is 0.109. The molecule has 0 bridgehead atoms. The highest BCUT2D eigenvalue weighted by Gasteiger charge is 2.20. The lowest BCUT2D eigenvalue weighted by atomic mass is 10.0. The molecule has 1 amide bonds. The molecule has 2 aromatic carbocycles. The fraction of sp³-hybridized carbons (Fsp3) is 0.310. The zero-order valence-electron chi connectivity index (χ0n) is 22.3. The quantitative estimate of drug-likeness (QED) is 0.215. The molecular formula is C29H32N6O4S.